The highest BCUT2D eigenvalue weighted by atomic mass is 16.2. The lowest BCUT2D eigenvalue weighted by atomic mass is 9.85. The lowest BCUT2D eigenvalue weighted by Crippen LogP contribution is -2.46. The second-order valence-corrected chi connectivity index (χ2v) is 5.51. The van der Waals surface area contributed by atoms with E-state index in [1.165, 1.54) is 0 Å². The number of rotatable bonds is 3. The largest absolute Gasteiger partial charge is 0.369 e. The van der Waals surface area contributed by atoms with Gasteiger partial charge in [0, 0.05) is 18.5 Å². The van der Waals surface area contributed by atoms with Crippen LogP contribution in [0.15, 0.2) is 0 Å². The Morgan fingerprint density at radius 3 is 2.56 bits per heavy atom. The average Bonchev–Trinajstić information content (AvgIpc) is 2.40. The number of carbonyl (C=O) groups is 2. The fraction of sp³-hybridized carbons (Fsp3) is 0.846. The summed E-state index contributed by atoms with van der Waals surface area (Å²) in [6, 6.07) is 0.130. The zero-order valence-corrected chi connectivity index (χ0v) is 10.8. The van der Waals surface area contributed by atoms with Gasteiger partial charge in [-0.2, -0.15) is 0 Å². The summed E-state index contributed by atoms with van der Waals surface area (Å²) in [7, 11) is 0. The maximum Gasteiger partial charge on any atom is 0.224 e. The predicted octanol–water partition coefficient (Wildman–Crippen LogP) is 0.146. The molecule has 4 N–H and O–H groups in total. The molecule has 18 heavy (non-hydrogen) atoms. The molecule has 0 aromatic rings. The van der Waals surface area contributed by atoms with E-state index in [2.05, 4.69) is 10.6 Å². The third-order valence-corrected chi connectivity index (χ3v) is 4.09. The third-order valence-electron chi connectivity index (χ3n) is 4.09. The molecule has 5 heteroatoms. The van der Waals surface area contributed by atoms with Crippen molar-refractivity contribution in [3.05, 3.63) is 0 Å². The Bertz CT molecular complexity index is 313. The molecule has 2 fully saturated rings. The van der Waals surface area contributed by atoms with Crippen molar-refractivity contribution in [2.75, 3.05) is 13.1 Å². The van der Waals surface area contributed by atoms with Gasteiger partial charge in [0.05, 0.1) is 5.92 Å². The molecular weight excluding hydrogens is 230 g/mol. The summed E-state index contributed by atoms with van der Waals surface area (Å²) in [6.07, 6.45) is 5.54. The van der Waals surface area contributed by atoms with Crippen LogP contribution in [0.25, 0.3) is 0 Å². The van der Waals surface area contributed by atoms with Crippen LogP contribution in [0.4, 0.5) is 0 Å². The van der Waals surface area contributed by atoms with Crippen LogP contribution in [-0.2, 0) is 9.59 Å². The van der Waals surface area contributed by atoms with Gasteiger partial charge in [-0.1, -0.05) is 6.42 Å². The van der Waals surface area contributed by atoms with Gasteiger partial charge in [-0.15, -0.1) is 0 Å². The van der Waals surface area contributed by atoms with Crippen LogP contribution in [0.5, 0.6) is 0 Å². The minimum Gasteiger partial charge on any atom is -0.369 e. The highest BCUT2D eigenvalue weighted by molar-refractivity contribution is 5.80. The van der Waals surface area contributed by atoms with Crippen LogP contribution in [-0.4, -0.2) is 30.9 Å². The van der Waals surface area contributed by atoms with Crippen molar-refractivity contribution in [3.63, 3.8) is 0 Å². The molecule has 0 aromatic heterocycles. The van der Waals surface area contributed by atoms with Gasteiger partial charge in [-0.25, -0.2) is 0 Å². The van der Waals surface area contributed by atoms with E-state index in [0.29, 0.717) is 6.42 Å². The smallest absolute Gasteiger partial charge is 0.224 e. The number of carbonyl (C=O) groups excluding carboxylic acids is 2. The van der Waals surface area contributed by atoms with Gasteiger partial charge >= 0.3 is 0 Å². The SMILES string of the molecule is NC(=O)C1CCCC(NC(=O)C2CCCNC2)C1. The van der Waals surface area contributed by atoms with Crippen LogP contribution >= 0.6 is 0 Å². The minimum atomic E-state index is -0.228. The quantitative estimate of drug-likeness (QED) is 0.669. The number of nitrogens with two attached hydrogens (primary N) is 1. The fourth-order valence-electron chi connectivity index (χ4n) is 2.97. The fourth-order valence-corrected chi connectivity index (χ4v) is 2.97. The predicted molar refractivity (Wildman–Crippen MR) is 68.7 cm³/mol. The maximum atomic E-state index is 12.1. The van der Waals surface area contributed by atoms with Crippen LogP contribution in [0.1, 0.15) is 38.5 Å². The molecule has 2 rings (SSSR count). The lowest BCUT2D eigenvalue weighted by molar-refractivity contribution is -0.128. The molecule has 0 aromatic carbocycles. The first-order valence-electron chi connectivity index (χ1n) is 6.97. The summed E-state index contributed by atoms with van der Waals surface area (Å²) in [5.41, 5.74) is 5.34. The molecule has 0 radical (unpaired) electrons. The van der Waals surface area contributed by atoms with E-state index in [-0.39, 0.29) is 29.7 Å². The first kappa shape index (κ1) is 13.3. The van der Waals surface area contributed by atoms with E-state index < -0.39 is 0 Å². The molecule has 1 aliphatic carbocycles. The Morgan fingerprint density at radius 1 is 1.11 bits per heavy atom. The zero-order chi connectivity index (χ0) is 13.0. The zero-order valence-electron chi connectivity index (χ0n) is 10.8. The van der Waals surface area contributed by atoms with Crippen molar-refractivity contribution >= 4 is 11.8 Å². The van der Waals surface area contributed by atoms with E-state index in [1.54, 1.807) is 0 Å². The Labute approximate surface area is 108 Å². The number of primary amides is 1. The van der Waals surface area contributed by atoms with Gasteiger partial charge < -0.3 is 16.4 Å². The van der Waals surface area contributed by atoms with Crippen molar-refractivity contribution in [3.8, 4) is 0 Å². The van der Waals surface area contributed by atoms with Crippen LogP contribution in [0.3, 0.4) is 0 Å². The molecule has 0 spiro atoms. The van der Waals surface area contributed by atoms with Gasteiger partial charge in [0.25, 0.3) is 0 Å². The Balaban J connectivity index is 1.81. The van der Waals surface area contributed by atoms with Crippen molar-refractivity contribution in [1.82, 2.24) is 10.6 Å². The molecule has 3 unspecified atom stereocenters. The van der Waals surface area contributed by atoms with E-state index in [1.807, 2.05) is 0 Å². The minimum absolute atomic E-state index is 0.0615. The number of nitrogens with one attached hydrogen (secondary N) is 2. The molecule has 102 valence electrons. The summed E-state index contributed by atoms with van der Waals surface area (Å²) in [5, 5.41) is 6.33. The van der Waals surface area contributed by atoms with Crippen molar-refractivity contribution < 1.29 is 9.59 Å². The van der Waals surface area contributed by atoms with Crippen LogP contribution in [0, 0.1) is 11.8 Å². The van der Waals surface area contributed by atoms with Crippen molar-refractivity contribution in [2.45, 2.75) is 44.6 Å². The number of hydrogen-bond acceptors (Lipinski definition) is 3. The Hall–Kier alpha value is -1.10. The highest BCUT2D eigenvalue weighted by Gasteiger charge is 2.29. The van der Waals surface area contributed by atoms with E-state index >= 15 is 0 Å². The van der Waals surface area contributed by atoms with Crippen LogP contribution < -0.4 is 16.4 Å². The molecule has 1 aliphatic heterocycles. The van der Waals surface area contributed by atoms with Crippen molar-refractivity contribution in [1.29, 1.82) is 0 Å². The number of hydrogen-bond donors (Lipinski definition) is 3. The van der Waals surface area contributed by atoms with Gasteiger partial charge in [0.2, 0.25) is 11.8 Å². The summed E-state index contributed by atoms with van der Waals surface area (Å²) >= 11 is 0. The standard InChI is InChI=1S/C13H23N3O2/c14-12(17)9-3-1-5-11(7-9)16-13(18)10-4-2-6-15-8-10/h9-11,15H,1-8H2,(H2,14,17)(H,16,18). The molecule has 1 saturated heterocycles. The first-order valence-corrected chi connectivity index (χ1v) is 6.97. The normalized spacial score (nSPS) is 32.8. The topological polar surface area (TPSA) is 84.2 Å². The van der Waals surface area contributed by atoms with Crippen LogP contribution in [0.2, 0.25) is 0 Å². The van der Waals surface area contributed by atoms with Gasteiger partial charge in [-0.05, 0) is 38.6 Å². The first-order chi connectivity index (χ1) is 8.66. The monoisotopic (exact) mass is 253 g/mol. The molecule has 0 bridgehead atoms. The molecule has 1 saturated carbocycles. The van der Waals surface area contributed by atoms with Crippen molar-refractivity contribution in [2.24, 2.45) is 17.6 Å². The van der Waals surface area contributed by atoms with Gasteiger partial charge in [-0.3, -0.25) is 9.59 Å². The average molecular weight is 253 g/mol. The maximum absolute atomic E-state index is 12.1. The molecule has 3 atom stereocenters. The Kier molecular flexibility index (Phi) is 4.58. The van der Waals surface area contributed by atoms with E-state index in [4.69, 9.17) is 5.73 Å². The second kappa shape index (κ2) is 6.18. The second-order valence-electron chi connectivity index (χ2n) is 5.51. The summed E-state index contributed by atoms with van der Waals surface area (Å²) in [5.74, 6) is -0.0631. The summed E-state index contributed by atoms with van der Waals surface area (Å²) < 4.78 is 0. The van der Waals surface area contributed by atoms with Gasteiger partial charge in [0.15, 0.2) is 0 Å². The highest BCUT2D eigenvalue weighted by Crippen LogP contribution is 2.24. The number of piperidine rings is 1. The molecule has 2 amide bonds. The van der Waals surface area contributed by atoms with E-state index in [0.717, 1.165) is 45.2 Å². The summed E-state index contributed by atoms with van der Waals surface area (Å²) in [6.45, 7) is 1.79. The molecule has 2 aliphatic rings. The molecule has 1 heterocycles. The lowest BCUT2D eigenvalue weighted by Gasteiger charge is -2.30. The van der Waals surface area contributed by atoms with E-state index in [9.17, 15) is 9.59 Å². The number of amides is 2. The van der Waals surface area contributed by atoms with Gasteiger partial charge in [0.1, 0.15) is 0 Å². The molecule has 5 nitrogen and oxygen atoms in total. The Morgan fingerprint density at radius 2 is 1.89 bits per heavy atom. The summed E-state index contributed by atoms with van der Waals surface area (Å²) in [4.78, 5) is 23.3. The molecular formula is C13H23N3O2. The third kappa shape index (κ3) is 3.45.